The van der Waals surface area contributed by atoms with E-state index in [0.717, 1.165) is 12.8 Å². The Kier molecular flexibility index (Phi) is 15.5. The summed E-state index contributed by atoms with van der Waals surface area (Å²) in [6.45, 7) is 3.94. The van der Waals surface area contributed by atoms with Gasteiger partial charge in [-0.3, -0.25) is 0 Å². The second kappa shape index (κ2) is 17.3. The Labute approximate surface area is 166 Å². The summed E-state index contributed by atoms with van der Waals surface area (Å²) in [5.74, 6) is 0.212. The second-order valence-corrected chi connectivity index (χ2v) is 8.01. The van der Waals surface area contributed by atoms with Crippen molar-refractivity contribution in [2.75, 3.05) is 26.4 Å². The maximum Gasteiger partial charge on any atom is 0.407 e. The van der Waals surface area contributed by atoms with E-state index in [1.54, 1.807) is 0 Å². The summed E-state index contributed by atoms with van der Waals surface area (Å²) in [5.41, 5.74) is 0. The Balaban J connectivity index is 1.76. The van der Waals surface area contributed by atoms with Crippen molar-refractivity contribution in [3.63, 3.8) is 0 Å². The maximum absolute atomic E-state index is 11.6. The molecule has 0 aromatic heterocycles. The first-order valence-electron chi connectivity index (χ1n) is 11.4. The molecule has 2 N–H and O–H groups in total. The summed E-state index contributed by atoms with van der Waals surface area (Å²) in [6.07, 6.45) is 17.6. The third kappa shape index (κ3) is 13.9. The summed E-state index contributed by atoms with van der Waals surface area (Å²) in [4.78, 5) is 11.6. The van der Waals surface area contributed by atoms with Gasteiger partial charge in [0, 0.05) is 12.5 Å². The lowest BCUT2D eigenvalue weighted by Gasteiger charge is -2.10. The number of unbranched alkanes of at least 4 members (excludes halogenated alkanes) is 12. The third-order valence-electron chi connectivity index (χ3n) is 5.37. The summed E-state index contributed by atoms with van der Waals surface area (Å²) in [6, 6.07) is 0. The Hall–Kier alpha value is -0.810. The van der Waals surface area contributed by atoms with E-state index in [2.05, 4.69) is 12.2 Å². The van der Waals surface area contributed by atoms with E-state index < -0.39 is 0 Å². The minimum Gasteiger partial charge on any atom is -0.449 e. The number of aliphatic hydroxyl groups excluding tert-OH is 1. The lowest BCUT2D eigenvalue weighted by molar-refractivity contribution is 0.0547. The molecule has 27 heavy (non-hydrogen) atoms. The number of aliphatic hydroxyl groups is 1. The molecular formula is C22H43NO4. The first-order valence-corrected chi connectivity index (χ1v) is 11.4. The molecule has 5 heteroatoms. The topological polar surface area (TPSA) is 67.8 Å². The number of carbonyl (C=O) groups is 1. The molecule has 0 aromatic carbocycles. The fraction of sp³-hybridized carbons (Fsp3) is 0.955. The van der Waals surface area contributed by atoms with Gasteiger partial charge in [-0.05, 0) is 12.8 Å². The fourth-order valence-electron chi connectivity index (χ4n) is 3.60. The molecule has 1 aliphatic rings. The van der Waals surface area contributed by atoms with Gasteiger partial charge in [-0.25, -0.2) is 4.79 Å². The molecule has 1 fully saturated rings. The van der Waals surface area contributed by atoms with Crippen LogP contribution in [0.15, 0.2) is 0 Å². The average Bonchev–Trinajstić information content (AvgIpc) is 3.15. The van der Waals surface area contributed by atoms with Crippen LogP contribution in [0.3, 0.4) is 0 Å². The van der Waals surface area contributed by atoms with Crippen LogP contribution in [0.2, 0.25) is 0 Å². The van der Waals surface area contributed by atoms with Crippen LogP contribution in [0.1, 0.15) is 96.8 Å². The van der Waals surface area contributed by atoms with E-state index in [0.29, 0.717) is 19.8 Å². The number of hydrogen-bond donors (Lipinski definition) is 2. The Morgan fingerprint density at radius 1 is 0.963 bits per heavy atom. The van der Waals surface area contributed by atoms with E-state index in [-0.39, 0.29) is 24.7 Å². The van der Waals surface area contributed by atoms with Gasteiger partial charge in [0.2, 0.25) is 0 Å². The monoisotopic (exact) mass is 385 g/mol. The SMILES string of the molecule is CCCCCCCCCCCCCCCNC(=O)OC[C@@H]1CO[C@@H](CO)C1. The lowest BCUT2D eigenvalue weighted by Crippen LogP contribution is -2.27. The van der Waals surface area contributed by atoms with Gasteiger partial charge in [0.25, 0.3) is 0 Å². The molecule has 0 bridgehead atoms. The van der Waals surface area contributed by atoms with Gasteiger partial charge in [0.05, 0.1) is 25.9 Å². The van der Waals surface area contributed by atoms with Crippen molar-refractivity contribution in [2.24, 2.45) is 5.92 Å². The molecule has 0 unspecified atom stereocenters. The predicted molar refractivity (Wildman–Crippen MR) is 110 cm³/mol. The molecular weight excluding hydrogens is 342 g/mol. The molecule has 2 atom stereocenters. The summed E-state index contributed by atoms with van der Waals surface area (Å²) >= 11 is 0. The highest BCUT2D eigenvalue weighted by molar-refractivity contribution is 5.67. The summed E-state index contributed by atoms with van der Waals surface area (Å²) < 4.78 is 10.6. The highest BCUT2D eigenvalue weighted by atomic mass is 16.6. The van der Waals surface area contributed by atoms with E-state index in [1.807, 2.05) is 0 Å². The number of rotatable bonds is 17. The van der Waals surface area contributed by atoms with Crippen LogP contribution in [0.5, 0.6) is 0 Å². The molecule has 160 valence electrons. The van der Waals surface area contributed by atoms with Gasteiger partial charge in [0.1, 0.15) is 0 Å². The van der Waals surface area contributed by atoms with Crippen LogP contribution in [-0.4, -0.2) is 43.7 Å². The lowest BCUT2D eigenvalue weighted by atomic mass is 10.0. The number of alkyl carbamates (subject to hydrolysis) is 1. The Morgan fingerprint density at radius 2 is 1.52 bits per heavy atom. The van der Waals surface area contributed by atoms with Crippen molar-refractivity contribution in [2.45, 2.75) is 103 Å². The van der Waals surface area contributed by atoms with E-state index in [9.17, 15) is 4.79 Å². The highest BCUT2D eigenvalue weighted by Gasteiger charge is 2.25. The van der Waals surface area contributed by atoms with Crippen molar-refractivity contribution in [3.8, 4) is 0 Å². The van der Waals surface area contributed by atoms with E-state index >= 15 is 0 Å². The standard InChI is InChI=1S/C22H43NO4/c1-2-3-4-5-6-7-8-9-10-11-12-13-14-15-23-22(25)27-19-20-16-21(17-24)26-18-20/h20-21,24H,2-19H2,1H3,(H,23,25)/t20-,21+/m0/s1. The number of ether oxygens (including phenoxy) is 2. The Bertz CT molecular complexity index is 351. The van der Waals surface area contributed by atoms with Crippen LogP contribution < -0.4 is 5.32 Å². The molecule has 0 saturated carbocycles. The molecule has 1 aliphatic heterocycles. The van der Waals surface area contributed by atoms with Gasteiger partial charge in [-0.15, -0.1) is 0 Å². The molecule has 0 radical (unpaired) electrons. The van der Waals surface area contributed by atoms with Gasteiger partial charge in [0.15, 0.2) is 0 Å². The minimum absolute atomic E-state index is 0.0434. The van der Waals surface area contributed by atoms with Crippen LogP contribution in [0.4, 0.5) is 4.79 Å². The first-order chi connectivity index (χ1) is 13.3. The number of hydrogen-bond acceptors (Lipinski definition) is 4. The van der Waals surface area contributed by atoms with Gasteiger partial charge < -0.3 is 19.9 Å². The second-order valence-electron chi connectivity index (χ2n) is 8.01. The summed E-state index contributed by atoms with van der Waals surface area (Å²) in [5, 5.41) is 11.8. The normalized spacial score (nSPS) is 19.3. The fourth-order valence-corrected chi connectivity index (χ4v) is 3.60. The molecule has 1 heterocycles. The largest absolute Gasteiger partial charge is 0.449 e. The maximum atomic E-state index is 11.6. The minimum atomic E-state index is -0.332. The smallest absolute Gasteiger partial charge is 0.407 e. The van der Waals surface area contributed by atoms with Crippen molar-refractivity contribution in [1.82, 2.24) is 5.32 Å². The number of amides is 1. The van der Waals surface area contributed by atoms with Crippen molar-refractivity contribution in [3.05, 3.63) is 0 Å². The zero-order valence-electron chi connectivity index (χ0n) is 17.6. The molecule has 1 saturated heterocycles. The quantitative estimate of drug-likeness (QED) is 0.338. The Morgan fingerprint density at radius 3 is 2.04 bits per heavy atom. The van der Waals surface area contributed by atoms with E-state index in [1.165, 1.54) is 77.0 Å². The van der Waals surface area contributed by atoms with E-state index in [4.69, 9.17) is 14.6 Å². The third-order valence-corrected chi connectivity index (χ3v) is 5.37. The van der Waals surface area contributed by atoms with Crippen LogP contribution in [0.25, 0.3) is 0 Å². The van der Waals surface area contributed by atoms with Gasteiger partial charge in [-0.2, -0.15) is 0 Å². The first kappa shape index (κ1) is 24.2. The average molecular weight is 386 g/mol. The molecule has 1 rings (SSSR count). The zero-order chi connectivity index (χ0) is 19.6. The number of nitrogens with one attached hydrogen (secondary N) is 1. The van der Waals surface area contributed by atoms with Crippen molar-refractivity contribution in [1.29, 1.82) is 0 Å². The summed E-state index contributed by atoms with van der Waals surface area (Å²) in [7, 11) is 0. The number of carbonyl (C=O) groups excluding carboxylic acids is 1. The highest BCUT2D eigenvalue weighted by Crippen LogP contribution is 2.19. The van der Waals surface area contributed by atoms with Gasteiger partial charge in [-0.1, -0.05) is 84.0 Å². The van der Waals surface area contributed by atoms with Crippen LogP contribution in [-0.2, 0) is 9.47 Å². The van der Waals surface area contributed by atoms with Gasteiger partial charge >= 0.3 is 6.09 Å². The van der Waals surface area contributed by atoms with Crippen LogP contribution >= 0.6 is 0 Å². The molecule has 0 aromatic rings. The van der Waals surface area contributed by atoms with Crippen LogP contribution in [0, 0.1) is 5.92 Å². The van der Waals surface area contributed by atoms with Crippen molar-refractivity contribution >= 4 is 6.09 Å². The molecule has 0 spiro atoms. The van der Waals surface area contributed by atoms with Crippen molar-refractivity contribution < 1.29 is 19.4 Å². The molecule has 0 aliphatic carbocycles. The molecule has 1 amide bonds. The zero-order valence-corrected chi connectivity index (χ0v) is 17.6. The predicted octanol–water partition coefficient (Wildman–Crippen LogP) is 5.20. The molecule has 5 nitrogen and oxygen atoms in total.